The highest BCUT2D eigenvalue weighted by atomic mass is 19.1. The highest BCUT2D eigenvalue weighted by molar-refractivity contribution is 6.00. The number of nitrogens with one attached hydrogen (secondary N) is 1. The van der Waals surface area contributed by atoms with Gasteiger partial charge in [0.25, 0.3) is 5.91 Å². The number of imidazole rings is 1. The Morgan fingerprint density at radius 1 is 1.07 bits per heavy atom. The summed E-state index contributed by atoms with van der Waals surface area (Å²) in [4.78, 5) is 21.8. The van der Waals surface area contributed by atoms with E-state index in [2.05, 4.69) is 9.97 Å². The molecule has 150 valence electrons. The molecule has 0 bridgehead atoms. The monoisotopic (exact) mass is 405 g/mol. The van der Waals surface area contributed by atoms with Gasteiger partial charge in [0.2, 0.25) is 0 Å². The molecule has 2 heterocycles. The van der Waals surface area contributed by atoms with E-state index in [9.17, 15) is 18.7 Å². The minimum Gasteiger partial charge on any atom is -0.363 e. The number of hydrogen-bond acceptors (Lipinski definition) is 3. The van der Waals surface area contributed by atoms with Crippen molar-refractivity contribution in [2.75, 3.05) is 0 Å². The fraction of sp³-hybridized carbons (Fsp3) is 0.130. The van der Waals surface area contributed by atoms with E-state index in [1.165, 1.54) is 17.0 Å². The first kappa shape index (κ1) is 18.4. The molecule has 0 aliphatic carbocycles. The third-order valence-electron chi connectivity index (χ3n) is 5.68. The lowest BCUT2D eigenvalue weighted by Gasteiger charge is -2.39. The number of carbonyl (C=O) groups is 1. The van der Waals surface area contributed by atoms with Gasteiger partial charge in [0, 0.05) is 22.8 Å². The van der Waals surface area contributed by atoms with E-state index in [0.717, 1.165) is 6.07 Å². The summed E-state index contributed by atoms with van der Waals surface area (Å²) < 4.78 is 27.7. The summed E-state index contributed by atoms with van der Waals surface area (Å²) in [5.41, 5.74) is 1.03. The van der Waals surface area contributed by atoms with Crippen LogP contribution in [0.25, 0.3) is 11.0 Å². The average Bonchev–Trinajstić information content (AvgIpc) is 3.28. The first-order valence-electron chi connectivity index (χ1n) is 9.45. The van der Waals surface area contributed by atoms with Gasteiger partial charge in [0.1, 0.15) is 11.6 Å². The fourth-order valence-corrected chi connectivity index (χ4v) is 4.25. The predicted molar refractivity (Wildman–Crippen MR) is 106 cm³/mol. The summed E-state index contributed by atoms with van der Waals surface area (Å²) in [6.07, 6.45) is 1.54. The van der Waals surface area contributed by atoms with Crippen molar-refractivity contribution in [1.82, 2.24) is 14.9 Å². The average molecular weight is 405 g/mol. The molecule has 30 heavy (non-hydrogen) atoms. The molecule has 1 aliphatic rings. The van der Waals surface area contributed by atoms with Gasteiger partial charge in [-0.1, -0.05) is 24.3 Å². The lowest BCUT2D eigenvalue weighted by atomic mass is 9.92. The summed E-state index contributed by atoms with van der Waals surface area (Å²) in [7, 11) is 0. The number of aliphatic hydroxyl groups is 1. The lowest BCUT2D eigenvalue weighted by Crippen LogP contribution is -2.46. The number of aromatic nitrogens is 2. The highest BCUT2D eigenvalue weighted by Gasteiger charge is 2.52. The molecule has 1 aliphatic heterocycles. The van der Waals surface area contributed by atoms with Gasteiger partial charge in [-0.15, -0.1) is 0 Å². The number of hydrogen-bond donors (Lipinski definition) is 2. The van der Waals surface area contributed by atoms with Crippen LogP contribution >= 0.6 is 0 Å². The first-order chi connectivity index (χ1) is 14.4. The summed E-state index contributed by atoms with van der Waals surface area (Å²) in [5, 5.41) is 12.0. The van der Waals surface area contributed by atoms with Crippen molar-refractivity contribution in [1.29, 1.82) is 0 Å². The van der Waals surface area contributed by atoms with Crippen LogP contribution in [-0.2, 0) is 5.72 Å². The molecule has 7 heteroatoms. The highest BCUT2D eigenvalue weighted by Crippen LogP contribution is 2.47. The molecule has 0 saturated heterocycles. The second kappa shape index (κ2) is 6.47. The van der Waals surface area contributed by atoms with E-state index >= 15 is 0 Å². The van der Waals surface area contributed by atoms with E-state index in [1.54, 1.807) is 55.7 Å². The van der Waals surface area contributed by atoms with Crippen LogP contribution in [0.4, 0.5) is 8.78 Å². The molecule has 1 amide bonds. The Morgan fingerprint density at radius 3 is 2.57 bits per heavy atom. The fourth-order valence-electron chi connectivity index (χ4n) is 4.25. The SMILES string of the molecule is CC(c1cc(F)cc(F)c1)N1C(=O)c2ccccc2C1(O)c1ccc2nc[nH]c2c1. The Balaban J connectivity index is 1.73. The van der Waals surface area contributed by atoms with Crippen molar-refractivity contribution in [3.63, 3.8) is 0 Å². The van der Waals surface area contributed by atoms with Crippen molar-refractivity contribution in [2.24, 2.45) is 0 Å². The number of amides is 1. The number of halogens is 2. The number of H-pyrrole nitrogens is 1. The third-order valence-corrected chi connectivity index (χ3v) is 5.68. The van der Waals surface area contributed by atoms with Gasteiger partial charge in [-0.2, -0.15) is 0 Å². The van der Waals surface area contributed by atoms with Gasteiger partial charge in [-0.25, -0.2) is 13.8 Å². The topological polar surface area (TPSA) is 69.2 Å². The molecular formula is C23H17F2N3O2. The summed E-state index contributed by atoms with van der Waals surface area (Å²) in [6, 6.07) is 14.2. The summed E-state index contributed by atoms with van der Waals surface area (Å²) >= 11 is 0. The normalized spacial score (nSPS) is 19.3. The van der Waals surface area contributed by atoms with Gasteiger partial charge in [-0.05, 0) is 42.8 Å². The van der Waals surface area contributed by atoms with Crippen molar-refractivity contribution >= 4 is 16.9 Å². The van der Waals surface area contributed by atoms with E-state index in [1.807, 2.05) is 0 Å². The zero-order valence-electron chi connectivity index (χ0n) is 15.9. The van der Waals surface area contributed by atoms with Gasteiger partial charge in [0.05, 0.1) is 23.4 Å². The van der Waals surface area contributed by atoms with Crippen molar-refractivity contribution in [2.45, 2.75) is 18.7 Å². The summed E-state index contributed by atoms with van der Waals surface area (Å²) in [6.45, 7) is 1.64. The number of rotatable bonds is 3. The van der Waals surface area contributed by atoms with E-state index in [-0.39, 0.29) is 5.56 Å². The van der Waals surface area contributed by atoms with Gasteiger partial charge in [0.15, 0.2) is 5.72 Å². The van der Waals surface area contributed by atoms with Crippen molar-refractivity contribution in [3.8, 4) is 0 Å². The van der Waals surface area contributed by atoms with E-state index in [4.69, 9.17) is 0 Å². The maximum atomic E-state index is 13.9. The minimum atomic E-state index is -1.82. The Hall–Kier alpha value is -3.58. The lowest BCUT2D eigenvalue weighted by molar-refractivity contribution is -0.0677. The van der Waals surface area contributed by atoms with Crippen LogP contribution in [0.1, 0.15) is 40.0 Å². The molecule has 3 aromatic carbocycles. The van der Waals surface area contributed by atoms with Crippen LogP contribution in [-0.4, -0.2) is 25.9 Å². The third kappa shape index (κ3) is 2.55. The molecule has 4 aromatic rings. The van der Waals surface area contributed by atoms with Crippen molar-refractivity contribution in [3.05, 3.63) is 101 Å². The minimum absolute atomic E-state index is 0.245. The predicted octanol–water partition coefficient (Wildman–Crippen LogP) is 4.25. The number of benzene rings is 3. The largest absolute Gasteiger partial charge is 0.363 e. The number of fused-ring (bicyclic) bond motifs is 2. The second-order valence-corrected chi connectivity index (χ2v) is 7.41. The molecule has 1 aromatic heterocycles. The maximum absolute atomic E-state index is 13.9. The molecule has 2 atom stereocenters. The Bertz CT molecular complexity index is 1280. The molecule has 0 radical (unpaired) electrons. The van der Waals surface area contributed by atoms with Crippen LogP contribution in [0.3, 0.4) is 0 Å². The molecule has 0 fully saturated rings. The Kier molecular flexibility index (Phi) is 3.98. The zero-order valence-corrected chi connectivity index (χ0v) is 15.9. The van der Waals surface area contributed by atoms with Crippen LogP contribution in [0.2, 0.25) is 0 Å². The standard InChI is InChI=1S/C23H17F2N3O2/c1-13(14-8-16(24)11-17(25)9-14)28-22(29)18-4-2-3-5-19(18)23(28,30)15-6-7-20-21(10-15)27-12-26-20/h2-13,30H,1H3,(H,26,27). The number of nitrogens with zero attached hydrogens (tertiary/aromatic N) is 2. The molecular weight excluding hydrogens is 388 g/mol. The maximum Gasteiger partial charge on any atom is 0.257 e. The van der Waals surface area contributed by atoms with E-state index < -0.39 is 29.3 Å². The number of carbonyl (C=O) groups excluding carboxylic acids is 1. The molecule has 5 nitrogen and oxygen atoms in total. The van der Waals surface area contributed by atoms with Gasteiger partial charge < -0.3 is 10.1 Å². The van der Waals surface area contributed by atoms with Crippen LogP contribution < -0.4 is 0 Å². The zero-order chi connectivity index (χ0) is 21.0. The molecule has 2 N–H and O–H groups in total. The van der Waals surface area contributed by atoms with Crippen LogP contribution in [0.5, 0.6) is 0 Å². The molecule has 0 spiro atoms. The van der Waals surface area contributed by atoms with E-state index in [0.29, 0.717) is 27.7 Å². The van der Waals surface area contributed by atoms with Gasteiger partial charge in [-0.3, -0.25) is 9.69 Å². The number of aromatic amines is 1. The quantitative estimate of drug-likeness (QED) is 0.535. The Morgan fingerprint density at radius 2 is 1.80 bits per heavy atom. The van der Waals surface area contributed by atoms with Crippen molar-refractivity contribution < 1.29 is 18.7 Å². The smallest absolute Gasteiger partial charge is 0.257 e. The molecule has 2 unspecified atom stereocenters. The van der Waals surface area contributed by atoms with Crippen LogP contribution in [0.15, 0.2) is 67.0 Å². The molecule has 0 saturated carbocycles. The molecule has 5 rings (SSSR count). The first-order valence-corrected chi connectivity index (χ1v) is 9.45. The summed E-state index contributed by atoms with van der Waals surface area (Å²) in [5.74, 6) is -1.91. The van der Waals surface area contributed by atoms with Crippen LogP contribution in [0, 0.1) is 11.6 Å². The van der Waals surface area contributed by atoms with Gasteiger partial charge >= 0.3 is 0 Å². The second-order valence-electron chi connectivity index (χ2n) is 7.41. The Labute approximate surface area is 170 Å².